The minimum Gasteiger partial charge on any atom is -0.444 e. The first-order valence-corrected chi connectivity index (χ1v) is 13.3. The van der Waals surface area contributed by atoms with Crippen molar-refractivity contribution in [1.29, 1.82) is 0 Å². The van der Waals surface area contributed by atoms with Crippen molar-refractivity contribution in [2.45, 2.75) is 69.6 Å². The molecule has 0 aliphatic carbocycles. The number of amides is 1. The van der Waals surface area contributed by atoms with Crippen molar-refractivity contribution in [1.82, 2.24) is 15.2 Å². The van der Waals surface area contributed by atoms with Crippen LogP contribution in [0.2, 0.25) is 0 Å². The van der Waals surface area contributed by atoms with Crippen molar-refractivity contribution in [3.8, 4) is 11.6 Å². The first-order chi connectivity index (χ1) is 20.0. The Morgan fingerprint density at radius 3 is 2.56 bits per heavy atom. The summed E-state index contributed by atoms with van der Waals surface area (Å²) < 4.78 is 97.3. The van der Waals surface area contributed by atoms with E-state index in [1.807, 2.05) is 0 Å². The number of alkyl halides is 6. The van der Waals surface area contributed by atoms with E-state index < -0.39 is 75.8 Å². The molecule has 9 nitrogen and oxygen atoms in total. The van der Waals surface area contributed by atoms with E-state index in [1.165, 1.54) is 43.9 Å². The van der Waals surface area contributed by atoms with Gasteiger partial charge in [0.05, 0.1) is 5.69 Å². The number of anilines is 2. The fourth-order valence-electron chi connectivity index (χ4n) is 5.06. The van der Waals surface area contributed by atoms with Gasteiger partial charge in [0.15, 0.2) is 5.69 Å². The van der Waals surface area contributed by atoms with Gasteiger partial charge in [0.1, 0.15) is 17.0 Å². The molecule has 1 amide bonds. The van der Waals surface area contributed by atoms with Gasteiger partial charge >= 0.3 is 18.4 Å². The second kappa shape index (κ2) is 10.5. The maximum absolute atomic E-state index is 14.5. The summed E-state index contributed by atoms with van der Waals surface area (Å²) in [4.78, 5) is 18.3. The Labute approximate surface area is 241 Å². The molecule has 2 aromatic heterocycles. The summed E-state index contributed by atoms with van der Waals surface area (Å²) in [7, 11) is 0. The van der Waals surface area contributed by atoms with E-state index in [-0.39, 0.29) is 13.0 Å². The van der Waals surface area contributed by atoms with Crippen LogP contribution in [-0.2, 0) is 16.5 Å². The van der Waals surface area contributed by atoms with Gasteiger partial charge < -0.3 is 19.2 Å². The Bertz CT molecular complexity index is 1560. The number of fused-ring (bicyclic) bond motifs is 9. The SMILES string of the molecule is CC(C)(C)OC(=O)Nc1cc(C(F)(F)F)c2nc1-c1nnc(o1)C(O)(C(F)(F)F)c1cccc(c1)C=CC[C@@H]1CCCN21. The summed E-state index contributed by atoms with van der Waals surface area (Å²) >= 11 is 0. The monoisotopic (exact) mass is 611 g/mol. The molecule has 2 aliphatic rings. The van der Waals surface area contributed by atoms with Crippen molar-refractivity contribution in [2.75, 3.05) is 16.8 Å². The molecule has 6 bridgehead atoms. The van der Waals surface area contributed by atoms with E-state index >= 15 is 0 Å². The average Bonchev–Trinajstić information content (AvgIpc) is 3.56. The van der Waals surface area contributed by atoms with E-state index in [9.17, 15) is 36.2 Å². The Morgan fingerprint density at radius 1 is 1.14 bits per heavy atom. The average molecular weight is 612 g/mol. The minimum atomic E-state index is -5.36. The van der Waals surface area contributed by atoms with Crippen LogP contribution in [-0.4, -0.2) is 50.7 Å². The number of carbonyl (C=O) groups excluding carboxylic acids is 1. The van der Waals surface area contributed by atoms with Crippen LogP contribution in [0.15, 0.2) is 40.8 Å². The fraction of sp³-hybridized carbons (Fsp3) is 0.429. The van der Waals surface area contributed by atoms with Gasteiger partial charge in [-0.25, -0.2) is 9.78 Å². The lowest BCUT2D eigenvalue weighted by Crippen LogP contribution is -2.43. The maximum atomic E-state index is 14.5. The molecule has 1 unspecified atom stereocenters. The van der Waals surface area contributed by atoms with Crippen LogP contribution in [0.5, 0.6) is 0 Å². The molecule has 1 aromatic carbocycles. The number of hydrogen-bond acceptors (Lipinski definition) is 8. The number of carbonyl (C=O) groups is 1. The molecular formula is C28H27F6N5O4. The van der Waals surface area contributed by atoms with Crippen molar-refractivity contribution in [3.63, 3.8) is 0 Å². The van der Waals surface area contributed by atoms with Crippen LogP contribution in [0.3, 0.4) is 0 Å². The Hall–Kier alpha value is -4.14. The number of ether oxygens (including phenoxy) is 1. The summed E-state index contributed by atoms with van der Waals surface area (Å²) in [5.41, 5.74) is -7.47. The number of nitrogens with one attached hydrogen (secondary N) is 1. The van der Waals surface area contributed by atoms with Crippen LogP contribution in [0, 0.1) is 0 Å². The van der Waals surface area contributed by atoms with Gasteiger partial charge in [0, 0.05) is 18.2 Å². The highest BCUT2D eigenvalue weighted by atomic mass is 19.4. The summed E-state index contributed by atoms with van der Waals surface area (Å²) in [6, 6.07) is 5.15. The zero-order valence-corrected chi connectivity index (χ0v) is 23.2. The third kappa shape index (κ3) is 5.90. The second-order valence-electron chi connectivity index (χ2n) is 11.3. The molecule has 15 heteroatoms. The number of rotatable bonds is 1. The molecule has 0 spiro atoms. The molecule has 2 N–H and O–H groups in total. The molecule has 0 saturated carbocycles. The van der Waals surface area contributed by atoms with Crippen molar-refractivity contribution >= 4 is 23.7 Å². The number of halogens is 6. The molecule has 230 valence electrons. The molecule has 0 radical (unpaired) electrons. The van der Waals surface area contributed by atoms with Crippen LogP contribution in [0.1, 0.15) is 62.6 Å². The number of nitrogens with zero attached hydrogens (tertiary/aromatic N) is 4. The zero-order chi connectivity index (χ0) is 31.4. The van der Waals surface area contributed by atoms with Gasteiger partial charge in [-0.3, -0.25) is 5.32 Å². The maximum Gasteiger partial charge on any atom is 0.430 e. The van der Waals surface area contributed by atoms with E-state index in [4.69, 9.17) is 9.15 Å². The van der Waals surface area contributed by atoms with E-state index in [2.05, 4.69) is 20.5 Å². The summed E-state index contributed by atoms with van der Waals surface area (Å²) in [5.74, 6) is -2.58. The third-order valence-corrected chi connectivity index (χ3v) is 6.96. The molecule has 1 saturated heterocycles. The number of hydrogen-bond donors (Lipinski definition) is 2. The Balaban J connectivity index is 1.78. The summed E-state index contributed by atoms with van der Waals surface area (Å²) in [6.45, 7) is 4.80. The molecule has 1 fully saturated rings. The lowest BCUT2D eigenvalue weighted by atomic mass is 9.91. The standard InChI is InChI=1S/C28H27F6N5O4/c1-25(2,3)43-24(40)35-19-14-18(27(29,30)31)21-36-20(19)22-37-38-23(42-22)26(41,28(32,33)34)16-9-4-7-15(13-16)8-5-10-17-11-6-12-39(17)21/h4-5,7-9,13-14,17,41H,6,10-12H2,1-3H3,(H,35,40)/t17-,26?/m1/s1. The largest absolute Gasteiger partial charge is 0.444 e. The lowest BCUT2D eigenvalue weighted by molar-refractivity contribution is -0.255. The van der Waals surface area contributed by atoms with Crippen LogP contribution >= 0.6 is 0 Å². The van der Waals surface area contributed by atoms with Crippen LogP contribution in [0.4, 0.5) is 42.6 Å². The molecular weight excluding hydrogens is 584 g/mol. The predicted octanol–water partition coefficient (Wildman–Crippen LogP) is 6.68. The normalized spacial score (nSPS) is 20.7. The third-order valence-electron chi connectivity index (χ3n) is 6.96. The summed E-state index contributed by atoms with van der Waals surface area (Å²) in [5, 5.41) is 20.3. The smallest absolute Gasteiger partial charge is 0.430 e. The van der Waals surface area contributed by atoms with E-state index in [0.29, 0.717) is 24.5 Å². The number of benzene rings is 1. The lowest BCUT2D eigenvalue weighted by Gasteiger charge is -2.29. The first-order valence-electron chi connectivity index (χ1n) is 13.3. The van der Waals surface area contributed by atoms with Crippen molar-refractivity contribution in [3.05, 3.63) is 59.0 Å². The first kappa shape index (κ1) is 30.3. The highest BCUT2D eigenvalue weighted by molar-refractivity contribution is 5.90. The Kier molecular flexibility index (Phi) is 7.43. The molecule has 43 heavy (non-hydrogen) atoms. The van der Waals surface area contributed by atoms with Gasteiger partial charge in [-0.05, 0) is 57.7 Å². The highest BCUT2D eigenvalue weighted by Gasteiger charge is 2.60. The highest BCUT2D eigenvalue weighted by Crippen LogP contribution is 2.46. The van der Waals surface area contributed by atoms with Gasteiger partial charge in [-0.1, -0.05) is 30.4 Å². The minimum absolute atomic E-state index is 0.214. The predicted molar refractivity (Wildman–Crippen MR) is 142 cm³/mol. The number of pyridine rings is 1. The Morgan fingerprint density at radius 2 is 1.88 bits per heavy atom. The molecule has 3 aromatic rings. The van der Waals surface area contributed by atoms with Crippen molar-refractivity contribution < 1.29 is 45.4 Å². The van der Waals surface area contributed by atoms with Gasteiger partial charge in [-0.2, -0.15) is 26.3 Å². The van der Waals surface area contributed by atoms with E-state index in [0.717, 1.165) is 12.1 Å². The molecule has 2 aliphatic heterocycles. The quantitative estimate of drug-likeness (QED) is 0.293. The number of aromatic nitrogens is 3. The molecule has 5 rings (SSSR count). The van der Waals surface area contributed by atoms with Gasteiger partial charge in [0.2, 0.25) is 0 Å². The van der Waals surface area contributed by atoms with E-state index in [1.54, 1.807) is 6.08 Å². The van der Waals surface area contributed by atoms with Gasteiger partial charge in [-0.15, -0.1) is 10.2 Å². The zero-order valence-electron chi connectivity index (χ0n) is 23.2. The molecule has 4 heterocycles. The van der Waals surface area contributed by atoms with Crippen molar-refractivity contribution in [2.24, 2.45) is 0 Å². The summed E-state index contributed by atoms with van der Waals surface area (Å²) in [6.07, 6.45) is -6.95. The number of aliphatic hydroxyl groups is 1. The van der Waals surface area contributed by atoms with Crippen LogP contribution < -0.4 is 10.2 Å². The second-order valence-corrected chi connectivity index (χ2v) is 11.3. The van der Waals surface area contributed by atoms with Gasteiger partial charge in [0.25, 0.3) is 17.4 Å². The molecule has 2 atom stereocenters. The van der Waals surface area contributed by atoms with Crippen LogP contribution in [0.25, 0.3) is 17.7 Å². The fourth-order valence-corrected chi connectivity index (χ4v) is 5.06. The topological polar surface area (TPSA) is 114 Å².